The largest absolute Gasteiger partial charge is 0.392 e. The lowest BCUT2D eigenvalue weighted by Crippen LogP contribution is -2.44. The van der Waals surface area contributed by atoms with Crippen LogP contribution in [0.25, 0.3) is 10.2 Å². The molecule has 1 unspecified atom stereocenters. The third kappa shape index (κ3) is 2.69. The zero-order chi connectivity index (χ0) is 16.9. The Hall–Kier alpha value is -1.61. The lowest BCUT2D eigenvalue weighted by atomic mass is 9.87. The van der Waals surface area contributed by atoms with Crippen molar-refractivity contribution >= 4 is 33.3 Å². The van der Waals surface area contributed by atoms with E-state index >= 15 is 0 Å². The van der Waals surface area contributed by atoms with Gasteiger partial charge in [0, 0.05) is 31.1 Å². The van der Waals surface area contributed by atoms with Gasteiger partial charge in [-0.25, -0.2) is 4.98 Å². The minimum atomic E-state index is -4.16. The van der Waals surface area contributed by atoms with Crippen LogP contribution in [0, 0.1) is 5.92 Å². The van der Waals surface area contributed by atoms with Gasteiger partial charge in [-0.3, -0.25) is 0 Å². The highest BCUT2D eigenvalue weighted by Crippen LogP contribution is 2.44. The van der Waals surface area contributed by atoms with Crippen molar-refractivity contribution in [2.24, 2.45) is 5.92 Å². The van der Waals surface area contributed by atoms with E-state index in [2.05, 4.69) is 20.2 Å². The molecule has 3 heterocycles. The molecule has 4 rings (SSSR count). The molecule has 2 aromatic rings. The van der Waals surface area contributed by atoms with Gasteiger partial charge in [-0.1, -0.05) is 0 Å². The monoisotopic (exact) mass is 357 g/mol. The number of nitrogens with zero attached hydrogens (tertiary/aromatic N) is 3. The summed E-state index contributed by atoms with van der Waals surface area (Å²) < 4.78 is 40.2. The van der Waals surface area contributed by atoms with E-state index in [0.29, 0.717) is 17.5 Å². The number of halogens is 3. The van der Waals surface area contributed by atoms with Crippen molar-refractivity contribution in [1.82, 2.24) is 15.3 Å². The van der Waals surface area contributed by atoms with Crippen LogP contribution in [-0.4, -0.2) is 42.3 Å². The highest BCUT2D eigenvalue weighted by atomic mass is 32.1. The molecule has 0 saturated carbocycles. The molecule has 3 N–H and O–H groups in total. The van der Waals surface area contributed by atoms with E-state index in [1.807, 2.05) is 0 Å². The first-order chi connectivity index (χ1) is 11.4. The Morgan fingerprint density at radius 3 is 2.67 bits per heavy atom. The molecular weight excluding hydrogens is 339 g/mol. The van der Waals surface area contributed by atoms with Crippen molar-refractivity contribution in [3.8, 4) is 0 Å². The Morgan fingerprint density at radius 2 is 1.96 bits per heavy atom. The maximum atomic E-state index is 13.1. The topological polar surface area (TPSA) is 67.1 Å². The van der Waals surface area contributed by atoms with E-state index in [1.165, 1.54) is 11.3 Å². The fraction of sp³-hybridized carbons (Fsp3) is 0.600. The van der Waals surface area contributed by atoms with Crippen LogP contribution in [0.1, 0.15) is 16.9 Å². The second kappa shape index (κ2) is 5.73. The van der Waals surface area contributed by atoms with Crippen LogP contribution in [0.3, 0.4) is 0 Å². The predicted octanol–water partition coefficient (Wildman–Crippen LogP) is 2.35. The minimum Gasteiger partial charge on any atom is -0.368 e. The SMILES string of the molecule is Nc1nc(N2CCNCC2)c2sc3c(c2n1)CC(C(F)(F)F)CC3. The normalized spacial score (nSPS) is 22.0. The molecule has 130 valence electrons. The number of rotatable bonds is 1. The van der Waals surface area contributed by atoms with Crippen molar-refractivity contribution < 1.29 is 13.2 Å². The number of anilines is 2. The lowest BCUT2D eigenvalue weighted by molar-refractivity contribution is -0.176. The van der Waals surface area contributed by atoms with Crippen LogP contribution in [0.5, 0.6) is 0 Å². The second-order valence-electron chi connectivity index (χ2n) is 6.31. The van der Waals surface area contributed by atoms with Gasteiger partial charge in [0.2, 0.25) is 5.95 Å². The highest BCUT2D eigenvalue weighted by molar-refractivity contribution is 7.19. The van der Waals surface area contributed by atoms with E-state index in [0.717, 1.165) is 41.6 Å². The molecule has 0 bridgehead atoms. The van der Waals surface area contributed by atoms with Crippen LogP contribution in [0.4, 0.5) is 24.9 Å². The van der Waals surface area contributed by atoms with Crippen molar-refractivity contribution in [3.63, 3.8) is 0 Å². The first kappa shape index (κ1) is 15.9. The highest BCUT2D eigenvalue weighted by Gasteiger charge is 2.42. The summed E-state index contributed by atoms with van der Waals surface area (Å²) in [4.78, 5) is 11.8. The number of fused-ring (bicyclic) bond motifs is 3. The molecule has 1 atom stereocenters. The Morgan fingerprint density at radius 1 is 1.21 bits per heavy atom. The maximum absolute atomic E-state index is 13.1. The van der Waals surface area contributed by atoms with Crippen LogP contribution >= 0.6 is 11.3 Å². The average Bonchev–Trinajstić information content (AvgIpc) is 2.92. The van der Waals surface area contributed by atoms with Crippen LogP contribution in [-0.2, 0) is 12.8 Å². The van der Waals surface area contributed by atoms with Gasteiger partial charge in [0.15, 0.2) is 5.82 Å². The number of nitrogen functional groups attached to an aromatic ring is 1. The summed E-state index contributed by atoms with van der Waals surface area (Å²) in [6, 6.07) is 0. The summed E-state index contributed by atoms with van der Waals surface area (Å²) in [6.07, 6.45) is -3.57. The quantitative estimate of drug-likeness (QED) is 0.820. The zero-order valence-corrected chi connectivity index (χ0v) is 13.8. The standard InChI is InChI=1S/C15H18F3N5S/c16-15(17,18)8-1-2-10-9(7-8)11-12(24-10)13(22-14(19)21-11)23-5-3-20-4-6-23/h8,20H,1-7H2,(H2,19,21,22). The first-order valence-corrected chi connectivity index (χ1v) is 8.85. The molecule has 2 aromatic heterocycles. The molecule has 0 spiro atoms. The second-order valence-corrected chi connectivity index (χ2v) is 7.41. The van der Waals surface area contributed by atoms with E-state index in [9.17, 15) is 13.2 Å². The Balaban J connectivity index is 1.80. The summed E-state index contributed by atoms with van der Waals surface area (Å²) in [5, 5.41) is 3.28. The summed E-state index contributed by atoms with van der Waals surface area (Å²) in [5.74, 6) is -0.394. The van der Waals surface area contributed by atoms with Crippen molar-refractivity contribution in [3.05, 3.63) is 10.4 Å². The lowest BCUT2D eigenvalue weighted by Gasteiger charge is -2.28. The maximum Gasteiger partial charge on any atom is 0.392 e. The molecule has 5 nitrogen and oxygen atoms in total. The number of alkyl halides is 3. The number of hydrogen-bond acceptors (Lipinski definition) is 6. The fourth-order valence-electron chi connectivity index (χ4n) is 3.51. The summed E-state index contributed by atoms with van der Waals surface area (Å²) in [6.45, 7) is 3.32. The Kier molecular flexibility index (Phi) is 3.80. The van der Waals surface area contributed by atoms with Gasteiger partial charge < -0.3 is 16.0 Å². The number of nitrogens with two attached hydrogens (primary N) is 1. The van der Waals surface area contributed by atoms with Crippen LogP contribution in [0.15, 0.2) is 0 Å². The zero-order valence-electron chi connectivity index (χ0n) is 13.0. The molecule has 0 radical (unpaired) electrons. The van der Waals surface area contributed by atoms with Gasteiger partial charge in [-0.2, -0.15) is 18.2 Å². The van der Waals surface area contributed by atoms with Crippen LogP contribution in [0.2, 0.25) is 0 Å². The van der Waals surface area contributed by atoms with Crippen molar-refractivity contribution in [2.45, 2.75) is 25.4 Å². The average molecular weight is 357 g/mol. The first-order valence-electron chi connectivity index (χ1n) is 8.03. The molecule has 0 amide bonds. The molecule has 1 aliphatic heterocycles. The van der Waals surface area contributed by atoms with Gasteiger partial charge in [0.1, 0.15) is 0 Å². The molecule has 1 fully saturated rings. The van der Waals surface area contributed by atoms with E-state index in [1.54, 1.807) is 0 Å². The molecule has 2 aliphatic rings. The minimum absolute atomic E-state index is 0.00369. The van der Waals surface area contributed by atoms with E-state index < -0.39 is 12.1 Å². The Labute approximate surface area is 141 Å². The number of aromatic nitrogens is 2. The van der Waals surface area contributed by atoms with E-state index in [4.69, 9.17) is 5.73 Å². The predicted molar refractivity (Wildman–Crippen MR) is 88.5 cm³/mol. The molecule has 0 aromatic carbocycles. The fourth-order valence-corrected chi connectivity index (χ4v) is 4.81. The number of piperazine rings is 1. The van der Waals surface area contributed by atoms with Gasteiger partial charge in [0.25, 0.3) is 0 Å². The third-order valence-electron chi connectivity index (χ3n) is 4.76. The smallest absolute Gasteiger partial charge is 0.368 e. The van der Waals surface area contributed by atoms with Crippen molar-refractivity contribution in [1.29, 1.82) is 0 Å². The number of hydrogen-bond donors (Lipinski definition) is 2. The van der Waals surface area contributed by atoms with Crippen LogP contribution < -0.4 is 16.0 Å². The molecule has 9 heteroatoms. The Bertz CT molecular complexity index is 767. The molecular formula is C15H18F3N5S. The number of thiophene rings is 1. The van der Waals surface area contributed by atoms with E-state index in [-0.39, 0.29) is 18.8 Å². The molecule has 24 heavy (non-hydrogen) atoms. The van der Waals surface area contributed by atoms with Crippen molar-refractivity contribution in [2.75, 3.05) is 36.8 Å². The van der Waals surface area contributed by atoms with Gasteiger partial charge >= 0.3 is 6.18 Å². The number of nitrogens with one attached hydrogen (secondary N) is 1. The van der Waals surface area contributed by atoms with Gasteiger partial charge in [0.05, 0.1) is 16.1 Å². The summed E-state index contributed by atoms with van der Waals surface area (Å²) >= 11 is 1.53. The third-order valence-corrected chi connectivity index (χ3v) is 6.04. The number of aryl methyl sites for hydroxylation is 1. The summed E-state index contributed by atoms with van der Waals surface area (Å²) in [5.41, 5.74) is 7.19. The van der Waals surface area contributed by atoms with Gasteiger partial charge in [-0.05, 0) is 24.8 Å². The molecule has 1 saturated heterocycles. The van der Waals surface area contributed by atoms with Gasteiger partial charge in [-0.15, -0.1) is 11.3 Å². The summed E-state index contributed by atoms with van der Waals surface area (Å²) in [7, 11) is 0. The molecule has 1 aliphatic carbocycles.